The van der Waals surface area contributed by atoms with Crippen LogP contribution in [0, 0.1) is 5.82 Å². The molecule has 8 nitrogen and oxygen atoms in total. The summed E-state index contributed by atoms with van der Waals surface area (Å²) in [4.78, 5) is 29.8. The smallest absolute Gasteiger partial charge is 0.264 e. The monoisotopic (exact) mass is 641 g/mol. The van der Waals surface area contributed by atoms with Gasteiger partial charge in [-0.1, -0.05) is 31.4 Å². The van der Waals surface area contributed by atoms with Crippen molar-refractivity contribution in [3.8, 4) is 5.75 Å². The van der Waals surface area contributed by atoms with Gasteiger partial charge in [-0.25, -0.2) is 12.8 Å². The Balaban J connectivity index is 1.68. The van der Waals surface area contributed by atoms with Crippen LogP contribution in [-0.2, 0) is 26.2 Å². The zero-order valence-electron chi connectivity index (χ0n) is 25.4. The van der Waals surface area contributed by atoms with Gasteiger partial charge in [-0.15, -0.1) is 11.8 Å². The molecule has 1 atom stereocenters. The number of nitrogens with zero attached hydrogens (tertiary/aromatic N) is 2. The van der Waals surface area contributed by atoms with Gasteiger partial charge in [0.15, 0.2) is 0 Å². The molecule has 44 heavy (non-hydrogen) atoms. The maximum atomic E-state index is 14.1. The number of ether oxygens (including phenoxy) is 1. The fourth-order valence-electron chi connectivity index (χ4n) is 5.22. The Labute approximate surface area is 264 Å². The first kappa shape index (κ1) is 33.3. The van der Waals surface area contributed by atoms with E-state index in [1.165, 1.54) is 40.9 Å². The van der Waals surface area contributed by atoms with Crippen molar-refractivity contribution < 1.29 is 27.1 Å². The highest BCUT2D eigenvalue weighted by Crippen LogP contribution is 2.28. The van der Waals surface area contributed by atoms with Crippen molar-refractivity contribution in [3.63, 3.8) is 0 Å². The van der Waals surface area contributed by atoms with Gasteiger partial charge in [-0.05, 0) is 99.2 Å². The molecule has 1 fully saturated rings. The molecule has 0 unspecified atom stereocenters. The number of hydrogen-bond donors (Lipinski definition) is 1. The lowest BCUT2D eigenvalue weighted by molar-refractivity contribution is -0.139. The molecule has 0 aliphatic heterocycles. The molecule has 0 radical (unpaired) electrons. The minimum absolute atomic E-state index is 0.00203. The second-order valence-electron chi connectivity index (χ2n) is 10.8. The van der Waals surface area contributed by atoms with E-state index >= 15 is 0 Å². The Morgan fingerprint density at radius 2 is 1.61 bits per heavy atom. The van der Waals surface area contributed by atoms with Crippen LogP contribution in [0.1, 0.15) is 51.5 Å². The predicted molar refractivity (Wildman–Crippen MR) is 172 cm³/mol. The maximum Gasteiger partial charge on any atom is 0.264 e. The SMILES string of the molecule is CCOc1ccc(N(CC(=O)N(Cc2ccc(F)cc2)[C@H](C)C(=O)NC2CCCCC2)S(=O)(=O)c2ccc(SC)cc2)cc1. The van der Waals surface area contributed by atoms with Crippen molar-refractivity contribution in [1.82, 2.24) is 10.2 Å². The summed E-state index contributed by atoms with van der Waals surface area (Å²) in [5.41, 5.74) is 0.886. The number of anilines is 1. The third kappa shape index (κ3) is 8.53. The highest BCUT2D eigenvalue weighted by atomic mass is 32.2. The number of thioether (sulfide) groups is 1. The van der Waals surface area contributed by atoms with Crippen LogP contribution in [0.4, 0.5) is 10.1 Å². The Kier molecular flexibility index (Phi) is 11.7. The first-order chi connectivity index (χ1) is 21.1. The summed E-state index contributed by atoms with van der Waals surface area (Å²) in [5, 5.41) is 3.08. The quantitative estimate of drug-likeness (QED) is 0.230. The molecule has 0 heterocycles. The molecule has 1 aliphatic carbocycles. The maximum absolute atomic E-state index is 14.1. The Morgan fingerprint density at radius 3 is 2.20 bits per heavy atom. The van der Waals surface area contributed by atoms with Gasteiger partial charge in [-0.2, -0.15) is 0 Å². The molecule has 0 spiro atoms. The number of amides is 2. The molecule has 2 amide bonds. The van der Waals surface area contributed by atoms with Crippen molar-refractivity contribution in [1.29, 1.82) is 0 Å². The normalized spacial score (nSPS) is 14.5. The van der Waals surface area contributed by atoms with E-state index in [-0.39, 0.29) is 29.1 Å². The number of benzene rings is 3. The molecular formula is C33H40FN3O5S2. The molecule has 4 rings (SSSR count). The van der Waals surface area contributed by atoms with Crippen molar-refractivity contribution in [2.24, 2.45) is 0 Å². The van der Waals surface area contributed by atoms with Crippen LogP contribution in [0.25, 0.3) is 0 Å². The molecule has 1 aliphatic rings. The van der Waals surface area contributed by atoms with Gasteiger partial charge < -0.3 is 15.0 Å². The van der Waals surface area contributed by atoms with Crippen molar-refractivity contribution in [2.45, 2.75) is 74.4 Å². The zero-order chi connectivity index (χ0) is 31.7. The average molecular weight is 642 g/mol. The predicted octanol–water partition coefficient (Wildman–Crippen LogP) is 6.01. The molecular weight excluding hydrogens is 602 g/mol. The Morgan fingerprint density at radius 1 is 0.977 bits per heavy atom. The summed E-state index contributed by atoms with van der Waals surface area (Å²) in [7, 11) is -4.19. The molecule has 236 valence electrons. The van der Waals surface area contributed by atoms with Gasteiger partial charge in [0.05, 0.1) is 17.2 Å². The van der Waals surface area contributed by atoms with E-state index in [4.69, 9.17) is 4.74 Å². The summed E-state index contributed by atoms with van der Waals surface area (Å²) in [6, 6.07) is 17.8. The lowest BCUT2D eigenvalue weighted by atomic mass is 9.95. The number of hydrogen-bond acceptors (Lipinski definition) is 6. The molecule has 0 bridgehead atoms. The minimum atomic E-state index is -4.19. The number of carbonyl (C=O) groups excluding carboxylic acids is 2. The Hall–Kier alpha value is -3.57. The number of nitrogens with one attached hydrogen (secondary N) is 1. The third-order valence-electron chi connectivity index (χ3n) is 7.75. The minimum Gasteiger partial charge on any atom is -0.494 e. The van der Waals surface area contributed by atoms with E-state index in [9.17, 15) is 22.4 Å². The Bertz CT molecular complexity index is 1490. The molecule has 0 saturated heterocycles. The van der Waals surface area contributed by atoms with Crippen molar-refractivity contribution >= 4 is 39.3 Å². The van der Waals surface area contributed by atoms with Gasteiger partial charge in [0.1, 0.15) is 24.2 Å². The number of rotatable bonds is 13. The fourth-order valence-corrected chi connectivity index (χ4v) is 7.04. The van der Waals surface area contributed by atoms with E-state index < -0.39 is 34.3 Å². The second kappa shape index (κ2) is 15.4. The molecule has 11 heteroatoms. The van der Waals surface area contributed by atoms with Crippen LogP contribution in [-0.4, -0.2) is 56.6 Å². The van der Waals surface area contributed by atoms with Crippen LogP contribution < -0.4 is 14.4 Å². The van der Waals surface area contributed by atoms with E-state index in [1.807, 2.05) is 13.2 Å². The van der Waals surface area contributed by atoms with Crippen molar-refractivity contribution in [2.75, 3.05) is 23.7 Å². The largest absolute Gasteiger partial charge is 0.494 e. The van der Waals surface area contributed by atoms with Gasteiger partial charge in [-0.3, -0.25) is 13.9 Å². The van der Waals surface area contributed by atoms with Gasteiger partial charge in [0, 0.05) is 17.5 Å². The van der Waals surface area contributed by atoms with Gasteiger partial charge >= 0.3 is 0 Å². The zero-order valence-corrected chi connectivity index (χ0v) is 27.0. The van der Waals surface area contributed by atoms with Crippen molar-refractivity contribution in [3.05, 3.63) is 84.2 Å². The van der Waals surface area contributed by atoms with Crippen LogP contribution in [0.15, 0.2) is 82.6 Å². The molecule has 3 aromatic rings. The molecule has 1 N–H and O–H groups in total. The number of carbonyl (C=O) groups is 2. The third-order valence-corrected chi connectivity index (χ3v) is 10.3. The summed E-state index contributed by atoms with van der Waals surface area (Å²) in [5.74, 6) is -0.737. The molecule has 1 saturated carbocycles. The van der Waals surface area contributed by atoms with Gasteiger partial charge in [0.2, 0.25) is 11.8 Å². The summed E-state index contributed by atoms with van der Waals surface area (Å²) in [6.45, 7) is 3.38. The van der Waals surface area contributed by atoms with Crippen LogP contribution in [0.5, 0.6) is 5.75 Å². The average Bonchev–Trinajstić information content (AvgIpc) is 3.04. The summed E-state index contributed by atoms with van der Waals surface area (Å²) >= 11 is 1.49. The number of sulfonamides is 1. The van der Waals surface area contributed by atoms with E-state index in [0.717, 1.165) is 41.3 Å². The first-order valence-corrected chi connectivity index (χ1v) is 17.5. The lowest BCUT2D eigenvalue weighted by Gasteiger charge is -2.33. The molecule has 3 aromatic carbocycles. The number of halogens is 1. The summed E-state index contributed by atoms with van der Waals surface area (Å²) < 4.78 is 48.4. The van der Waals surface area contributed by atoms with Crippen LogP contribution in [0.3, 0.4) is 0 Å². The highest BCUT2D eigenvalue weighted by molar-refractivity contribution is 7.98. The van der Waals surface area contributed by atoms with E-state index in [2.05, 4.69) is 5.32 Å². The van der Waals surface area contributed by atoms with Gasteiger partial charge in [0.25, 0.3) is 10.0 Å². The van der Waals surface area contributed by atoms with E-state index in [0.29, 0.717) is 17.9 Å². The summed E-state index contributed by atoms with van der Waals surface area (Å²) in [6.07, 6.45) is 6.85. The van der Waals surface area contributed by atoms with Crippen LogP contribution >= 0.6 is 11.8 Å². The standard InChI is InChI=1S/C33H40FN3O5S2/c1-4-42-29-16-14-28(15-17-29)37(44(40,41)31-20-18-30(43-3)19-21-31)23-32(38)36(22-25-10-12-26(34)13-11-25)24(2)33(39)35-27-8-6-5-7-9-27/h10-21,24,27H,4-9,22-23H2,1-3H3,(H,35,39)/t24-/m1/s1. The fraction of sp³-hybridized carbons (Fsp3) is 0.394. The highest BCUT2D eigenvalue weighted by Gasteiger charge is 2.33. The topological polar surface area (TPSA) is 96.0 Å². The molecule has 0 aromatic heterocycles. The first-order valence-electron chi connectivity index (χ1n) is 14.9. The van der Waals surface area contributed by atoms with E-state index in [1.54, 1.807) is 55.5 Å². The second-order valence-corrected chi connectivity index (χ2v) is 13.5. The lowest BCUT2D eigenvalue weighted by Crippen LogP contribution is -2.53. The van der Waals surface area contributed by atoms with Crippen LogP contribution in [0.2, 0.25) is 0 Å².